The Morgan fingerprint density at radius 1 is 1.17 bits per heavy atom. The number of esters is 1. The van der Waals surface area contributed by atoms with Gasteiger partial charge in [-0.3, -0.25) is 9.20 Å². The fraction of sp³-hybridized carbons (Fsp3) is 0.263. The Hall–Kier alpha value is -2.82. The fourth-order valence-electron chi connectivity index (χ4n) is 2.77. The average molecular weight is 323 g/mol. The van der Waals surface area contributed by atoms with Crippen molar-refractivity contribution >= 4 is 17.4 Å². The molecule has 0 aliphatic rings. The van der Waals surface area contributed by atoms with Gasteiger partial charge in [-0.15, -0.1) is 0 Å². The minimum absolute atomic E-state index is 0.106. The van der Waals surface area contributed by atoms with Gasteiger partial charge in [0.1, 0.15) is 23.7 Å². The molecule has 0 aliphatic heterocycles. The molecule has 0 bridgehead atoms. The van der Waals surface area contributed by atoms with Crippen molar-refractivity contribution in [3.8, 4) is 11.3 Å². The number of aromatic nitrogens is 2. The van der Waals surface area contributed by atoms with E-state index in [2.05, 4.69) is 18.3 Å². The first-order valence-electron chi connectivity index (χ1n) is 8.05. The Kier molecular flexibility index (Phi) is 4.51. The zero-order chi connectivity index (χ0) is 17.1. The summed E-state index contributed by atoms with van der Waals surface area (Å²) in [6.07, 6.45) is 1.95. The number of pyridine rings is 1. The van der Waals surface area contributed by atoms with Gasteiger partial charge in [-0.2, -0.15) is 0 Å². The number of hydrogen-bond acceptors (Lipinski definition) is 4. The lowest BCUT2D eigenvalue weighted by Gasteiger charge is -2.10. The number of hydrogen-bond donors (Lipinski definition) is 1. The third kappa shape index (κ3) is 2.97. The molecule has 1 N–H and O–H groups in total. The SMILES string of the molecule is CCOC(=O)CNc1c(-c2ccccc2C)nc2c(C)cccn12. The molecule has 1 aromatic carbocycles. The summed E-state index contributed by atoms with van der Waals surface area (Å²) < 4.78 is 7.00. The van der Waals surface area contributed by atoms with E-state index >= 15 is 0 Å². The normalized spacial score (nSPS) is 10.8. The van der Waals surface area contributed by atoms with Crippen LogP contribution in [0.4, 0.5) is 5.82 Å². The summed E-state index contributed by atoms with van der Waals surface area (Å²) in [4.78, 5) is 16.6. The highest BCUT2D eigenvalue weighted by molar-refractivity contribution is 5.82. The molecule has 3 aromatic rings. The first-order valence-corrected chi connectivity index (χ1v) is 8.05. The number of imidazole rings is 1. The molecule has 0 aliphatic carbocycles. The zero-order valence-electron chi connectivity index (χ0n) is 14.2. The molecule has 0 saturated heterocycles. The number of anilines is 1. The molecule has 24 heavy (non-hydrogen) atoms. The van der Waals surface area contributed by atoms with Crippen LogP contribution in [0.25, 0.3) is 16.9 Å². The molecule has 0 saturated carbocycles. The molecule has 5 heteroatoms. The van der Waals surface area contributed by atoms with E-state index in [-0.39, 0.29) is 12.5 Å². The van der Waals surface area contributed by atoms with Crippen LogP contribution in [0.5, 0.6) is 0 Å². The second kappa shape index (κ2) is 6.74. The summed E-state index contributed by atoms with van der Waals surface area (Å²) in [5.41, 5.74) is 4.98. The topological polar surface area (TPSA) is 55.6 Å². The highest BCUT2D eigenvalue weighted by atomic mass is 16.5. The van der Waals surface area contributed by atoms with Crippen molar-refractivity contribution in [1.82, 2.24) is 9.38 Å². The van der Waals surface area contributed by atoms with Crippen molar-refractivity contribution in [1.29, 1.82) is 0 Å². The van der Waals surface area contributed by atoms with Crippen LogP contribution in [0.1, 0.15) is 18.1 Å². The number of nitrogens with zero attached hydrogens (tertiary/aromatic N) is 2. The van der Waals surface area contributed by atoms with Gasteiger partial charge in [0.2, 0.25) is 0 Å². The molecule has 0 spiro atoms. The van der Waals surface area contributed by atoms with Crippen LogP contribution in [0, 0.1) is 13.8 Å². The zero-order valence-corrected chi connectivity index (χ0v) is 14.2. The van der Waals surface area contributed by atoms with Crippen LogP contribution in [-0.4, -0.2) is 28.5 Å². The number of nitrogens with one attached hydrogen (secondary N) is 1. The second-order valence-electron chi connectivity index (χ2n) is 5.67. The van der Waals surface area contributed by atoms with Gasteiger partial charge >= 0.3 is 5.97 Å². The highest BCUT2D eigenvalue weighted by Crippen LogP contribution is 2.31. The lowest BCUT2D eigenvalue weighted by Crippen LogP contribution is -2.18. The van der Waals surface area contributed by atoms with Gasteiger partial charge in [0.25, 0.3) is 0 Å². The summed E-state index contributed by atoms with van der Waals surface area (Å²) in [6.45, 7) is 6.36. The molecule has 0 unspecified atom stereocenters. The highest BCUT2D eigenvalue weighted by Gasteiger charge is 2.17. The molecule has 5 nitrogen and oxygen atoms in total. The molecular weight excluding hydrogens is 302 g/mol. The van der Waals surface area contributed by atoms with Crippen LogP contribution in [0.2, 0.25) is 0 Å². The van der Waals surface area contributed by atoms with E-state index in [9.17, 15) is 4.79 Å². The van der Waals surface area contributed by atoms with Crippen molar-refractivity contribution in [2.24, 2.45) is 0 Å². The Labute approximate surface area is 141 Å². The van der Waals surface area contributed by atoms with E-state index in [4.69, 9.17) is 9.72 Å². The maximum absolute atomic E-state index is 11.7. The maximum atomic E-state index is 11.7. The van der Waals surface area contributed by atoms with Crippen molar-refractivity contribution < 1.29 is 9.53 Å². The van der Waals surface area contributed by atoms with Gasteiger partial charge in [0, 0.05) is 11.8 Å². The Morgan fingerprint density at radius 3 is 2.67 bits per heavy atom. The molecule has 0 radical (unpaired) electrons. The number of carbonyl (C=O) groups excluding carboxylic acids is 1. The number of rotatable bonds is 5. The average Bonchev–Trinajstić information content (AvgIpc) is 2.93. The molecule has 0 atom stereocenters. The Balaban J connectivity index is 2.10. The minimum Gasteiger partial charge on any atom is -0.465 e. The summed E-state index contributed by atoms with van der Waals surface area (Å²) in [7, 11) is 0. The van der Waals surface area contributed by atoms with Crippen molar-refractivity contribution in [3.05, 3.63) is 53.7 Å². The van der Waals surface area contributed by atoms with Crippen molar-refractivity contribution in [3.63, 3.8) is 0 Å². The predicted octanol–water partition coefficient (Wildman–Crippen LogP) is 3.59. The number of ether oxygens (including phenoxy) is 1. The van der Waals surface area contributed by atoms with Crippen LogP contribution < -0.4 is 5.32 Å². The lowest BCUT2D eigenvalue weighted by atomic mass is 10.1. The first-order chi connectivity index (χ1) is 11.6. The van der Waals surface area contributed by atoms with E-state index < -0.39 is 0 Å². The van der Waals surface area contributed by atoms with Gasteiger partial charge in [0.05, 0.1) is 6.61 Å². The number of aryl methyl sites for hydroxylation is 2. The van der Waals surface area contributed by atoms with Gasteiger partial charge in [0.15, 0.2) is 0 Å². The summed E-state index contributed by atoms with van der Waals surface area (Å²) in [6, 6.07) is 12.1. The maximum Gasteiger partial charge on any atom is 0.325 e. The quantitative estimate of drug-likeness (QED) is 0.729. The second-order valence-corrected chi connectivity index (χ2v) is 5.67. The smallest absolute Gasteiger partial charge is 0.325 e. The van der Waals surface area contributed by atoms with Crippen LogP contribution in [0.3, 0.4) is 0 Å². The van der Waals surface area contributed by atoms with Crippen LogP contribution in [0.15, 0.2) is 42.6 Å². The molecular formula is C19H21N3O2. The lowest BCUT2D eigenvalue weighted by molar-refractivity contribution is -0.140. The summed E-state index contributed by atoms with van der Waals surface area (Å²) in [5, 5.41) is 3.20. The fourth-order valence-corrected chi connectivity index (χ4v) is 2.77. The Morgan fingerprint density at radius 2 is 1.92 bits per heavy atom. The molecule has 124 valence electrons. The summed E-state index contributed by atoms with van der Waals surface area (Å²) in [5.74, 6) is 0.520. The standard InChI is InChI=1S/C19H21N3O2/c1-4-24-16(23)12-20-19-17(15-10-6-5-8-13(15)2)21-18-14(3)9-7-11-22(18)19/h5-11,20H,4,12H2,1-3H3. The number of benzene rings is 1. The number of fused-ring (bicyclic) bond motifs is 1. The van der Waals surface area contributed by atoms with Gasteiger partial charge < -0.3 is 10.1 Å². The molecule has 3 rings (SSSR count). The molecule has 0 fully saturated rings. The minimum atomic E-state index is -0.282. The van der Waals surface area contributed by atoms with Crippen LogP contribution >= 0.6 is 0 Å². The monoisotopic (exact) mass is 323 g/mol. The van der Waals surface area contributed by atoms with Crippen LogP contribution in [-0.2, 0) is 9.53 Å². The van der Waals surface area contributed by atoms with Crippen molar-refractivity contribution in [2.45, 2.75) is 20.8 Å². The van der Waals surface area contributed by atoms with E-state index in [0.717, 1.165) is 33.8 Å². The largest absolute Gasteiger partial charge is 0.465 e. The van der Waals surface area contributed by atoms with E-state index in [1.54, 1.807) is 6.92 Å². The summed E-state index contributed by atoms with van der Waals surface area (Å²) >= 11 is 0. The van der Waals surface area contributed by atoms with Gasteiger partial charge in [-0.05, 0) is 38.0 Å². The number of carbonyl (C=O) groups is 1. The van der Waals surface area contributed by atoms with E-state index in [0.29, 0.717) is 6.61 Å². The van der Waals surface area contributed by atoms with E-state index in [1.807, 2.05) is 47.9 Å². The van der Waals surface area contributed by atoms with Crippen molar-refractivity contribution in [2.75, 3.05) is 18.5 Å². The van der Waals surface area contributed by atoms with E-state index in [1.165, 1.54) is 0 Å². The third-order valence-electron chi connectivity index (χ3n) is 3.95. The molecule has 2 heterocycles. The molecule has 2 aromatic heterocycles. The van der Waals surface area contributed by atoms with Gasteiger partial charge in [-0.1, -0.05) is 30.3 Å². The Bertz CT molecular complexity index is 883. The third-order valence-corrected chi connectivity index (χ3v) is 3.95. The predicted molar refractivity (Wildman–Crippen MR) is 95.2 cm³/mol. The molecule has 0 amide bonds. The van der Waals surface area contributed by atoms with Gasteiger partial charge in [-0.25, -0.2) is 4.98 Å². The first kappa shape index (κ1) is 16.1.